The minimum absolute atomic E-state index is 0.0146. The molecule has 1 N–H and O–H groups in total. The molecule has 2 amide bonds. The predicted octanol–water partition coefficient (Wildman–Crippen LogP) is 4.90. The van der Waals surface area contributed by atoms with Gasteiger partial charge in [-0.15, -0.1) is 0 Å². The maximum atomic E-state index is 13.9. The maximum Gasteiger partial charge on any atom is 0.244 e. The zero-order chi connectivity index (χ0) is 27.3. The average Bonchev–Trinajstić information content (AvgIpc) is 2.83. The number of hydrogen-bond acceptors (Lipinski definition) is 4. The van der Waals surface area contributed by atoms with Crippen molar-refractivity contribution in [3.8, 4) is 0 Å². The summed E-state index contributed by atoms with van der Waals surface area (Å²) in [6.45, 7) is 0.599. The van der Waals surface area contributed by atoms with Crippen molar-refractivity contribution in [2.75, 3.05) is 17.1 Å². The first-order chi connectivity index (χ1) is 17.4. The highest BCUT2D eigenvalue weighted by Gasteiger charge is 2.32. The highest BCUT2D eigenvalue weighted by Crippen LogP contribution is 2.28. The summed E-state index contributed by atoms with van der Waals surface area (Å²) in [6, 6.07) is 6.31. The summed E-state index contributed by atoms with van der Waals surface area (Å²) in [5.41, 5.74) is 0.153. The van der Waals surface area contributed by atoms with Gasteiger partial charge < -0.3 is 10.2 Å². The maximum absolute atomic E-state index is 13.9. The monoisotopic (exact) mass is 575 g/mol. The molecule has 3 rings (SSSR count). The van der Waals surface area contributed by atoms with Crippen molar-refractivity contribution in [3.05, 3.63) is 63.6 Å². The number of nitrogens with zero attached hydrogens (tertiary/aromatic N) is 2. The number of nitrogens with one attached hydrogen (secondary N) is 1. The Labute approximate surface area is 225 Å². The first kappa shape index (κ1) is 29.1. The van der Waals surface area contributed by atoms with Gasteiger partial charge in [0.25, 0.3) is 0 Å². The van der Waals surface area contributed by atoms with Crippen LogP contribution in [0.3, 0.4) is 0 Å². The van der Waals surface area contributed by atoms with Crippen LogP contribution in [-0.4, -0.2) is 50.0 Å². The van der Waals surface area contributed by atoms with E-state index in [0.29, 0.717) is 15.9 Å². The summed E-state index contributed by atoms with van der Waals surface area (Å²) in [6.07, 6.45) is 5.60. The third kappa shape index (κ3) is 7.55. The van der Waals surface area contributed by atoms with E-state index in [-0.39, 0.29) is 28.3 Å². The van der Waals surface area contributed by atoms with Gasteiger partial charge in [-0.2, -0.15) is 0 Å². The summed E-state index contributed by atoms with van der Waals surface area (Å²) in [4.78, 5) is 27.9. The largest absolute Gasteiger partial charge is 0.352 e. The van der Waals surface area contributed by atoms with Crippen LogP contribution in [0.1, 0.15) is 44.6 Å². The van der Waals surface area contributed by atoms with E-state index < -0.39 is 46.1 Å². The standard InChI is InChI=1S/C25H29Cl2F2N3O4S/c1-16(25(34)30-17-7-4-3-5-8-17)31(14-19-20(26)9-6-10-21(19)27)24(33)15-32(37(2,35)36)18-11-12-22(28)23(29)13-18/h6,9-13,16-17H,3-5,7-8,14-15H2,1-2H3,(H,30,34)/t16-/m1/s1. The van der Waals surface area contributed by atoms with Gasteiger partial charge >= 0.3 is 0 Å². The summed E-state index contributed by atoms with van der Waals surface area (Å²) in [7, 11) is -4.09. The summed E-state index contributed by atoms with van der Waals surface area (Å²) < 4.78 is 53.1. The lowest BCUT2D eigenvalue weighted by Gasteiger charge is -2.33. The molecule has 1 saturated carbocycles. The van der Waals surface area contributed by atoms with Crippen LogP contribution in [0.2, 0.25) is 10.0 Å². The number of carbonyl (C=O) groups is 2. The molecule has 0 saturated heterocycles. The van der Waals surface area contributed by atoms with Crippen LogP contribution >= 0.6 is 23.2 Å². The molecule has 1 aliphatic rings. The molecule has 7 nitrogen and oxygen atoms in total. The lowest BCUT2D eigenvalue weighted by atomic mass is 9.95. The van der Waals surface area contributed by atoms with Crippen molar-refractivity contribution in [2.24, 2.45) is 0 Å². The highest BCUT2D eigenvalue weighted by atomic mass is 35.5. The lowest BCUT2D eigenvalue weighted by Crippen LogP contribution is -2.53. The molecule has 2 aromatic rings. The van der Waals surface area contributed by atoms with Crippen LogP contribution in [0.25, 0.3) is 0 Å². The van der Waals surface area contributed by atoms with Crippen molar-refractivity contribution in [1.29, 1.82) is 0 Å². The topological polar surface area (TPSA) is 86.8 Å². The van der Waals surface area contributed by atoms with Gasteiger partial charge in [-0.05, 0) is 44.0 Å². The average molecular weight is 576 g/mol. The van der Waals surface area contributed by atoms with E-state index in [2.05, 4.69) is 5.32 Å². The summed E-state index contributed by atoms with van der Waals surface area (Å²) >= 11 is 12.6. The van der Waals surface area contributed by atoms with Gasteiger partial charge in [0.2, 0.25) is 21.8 Å². The number of carbonyl (C=O) groups excluding carboxylic acids is 2. The molecule has 0 aromatic heterocycles. The van der Waals surface area contributed by atoms with Crippen molar-refractivity contribution in [3.63, 3.8) is 0 Å². The Balaban J connectivity index is 1.93. The van der Waals surface area contributed by atoms with E-state index in [1.807, 2.05) is 0 Å². The van der Waals surface area contributed by atoms with Crippen molar-refractivity contribution in [1.82, 2.24) is 10.2 Å². The molecule has 0 radical (unpaired) electrons. The van der Waals surface area contributed by atoms with Gasteiger partial charge in [0.05, 0.1) is 11.9 Å². The van der Waals surface area contributed by atoms with Gasteiger partial charge in [-0.3, -0.25) is 13.9 Å². The Morgan fingerprint density at radius 2 is 1.68 bits per heavy atom. The lowest BCUT2D eigenvalue weighted by molar-refractivity contribution is -0.139. The molecule has 1 fully saturated rings. The molecule has 12 heteroatoms. The fourth-order valence-electron chi connectivity index (χ4n) is 4.26. The van der Waals surface area contributed by atoms with Crippen molar-refractivity contribution in [2.45, 2.75) is 57.7 Å². The van der Waals surface area contributed by atoms with E-state index in [0.717, 1.165) is 50.5 Å². The minimum Gasteiger partial charge on any atom is -0.352 e. The van der Waals surface area contributed by atoms with Gasteiger partial charge in [0.15, 0.2) is 11.6 Å². The molecular formula is C25H29Cl2F2N3O4S. The fraction of sp³-hybridized carbons (Fsp3) is 0.440. The zero-order valence-electron chi connectivity index (χ0n) is 20.5. The number of anilines is 1. The normalized spacial score (nSPS) is 15.2. The first-order valence-corrected chi connectivity index (χ1v) is 14.4. The Kier molecular flexibility index (Phi) is 9.77. The molecule has 2 aromatic carbocycles. The van der Waals surface area contributed by atoms with E-state index in [4.69, 9.17) is 23.2 Å². The van der Waals surface area contributed by atoms with Crippen LogP contribution in [0, 0.1) is 11.6 Å². The predicted molar refractivity (Wildman–Crippen MR) is 140 cm³/mol. The van der Waals surface area contributed by atoms with Crippen LogP contribution in [0.4, 0.5) is 14.5 Å². The number of benzene rings is 2. The molecule has 0 heterocycles. The van der Waals surface area contributed by atoms with Crippen molar-refractivity contribution < 1.29 is 26.8 Å². The van der Waals surface area contributed by atoms with Crippen LogP contribution < -0.4 is 9.62 Å². The molecule has 0 unspecified atom stereocenters. The smallest absolute Gasteiger partial charge is 0.244 e. The van der Waals surface area contributed by atoms with Crippen LogP contribution in [0.15, 0.2) is 36.4 Å². The Morgan fingerprint density at radius 1 is 1.05 bits per heavy atom. The third-order valence-electron chi connectivity index (χ3n) is 6.38. The van der Waals surface area contributed by atoms with E-state index >= 15 is 0 Å². The zero-order valence-corrected chi connectivity index (χ0v) is 22.8. The van der Waals surface area contributed by atoms with Gasteiger partial charge in [0, 0.05) is 34.3 Å². The second kappa shape index (κ2) is 12.4. The van der Waals surface area contributed by atoms with E-state index in [1.165, 1.54) is 11.8 Å². The Bertz CT molecular complexity index is 1240. The second-order valence-electron chi connectivity index (χ2n) is 9.11. The number of hydrogen-bond donors (Lipinski definition) is 1. The van der Waals surface area contributed by atoms with Crippen LogP contribution in [-0.2, 0) is 26.2 Å². The summed E-state index contributed by atoms with van der Waals surface area (Å²) in [5, 5.41) is 3.51. The van der Waals surface area contributed by atoms with Crippen LogP contribution in [0.5, 0.6) is 0 Å². The van der Waals surface area contributed by atoms with E-state index in [1.54, 1.807) is 18.2 Å². The Hall–Kier alpha value is -2.43. The molecule has 0 aliphatic heterocycles. The van der Waals surface area contributed by atoms with E-state index in [9.17, 15) is 26.8 Å². The van der Waals surface area contributed by atoms with Gasteiger partial charge in [-0.25, -0.2) is 17.2 Å². The van der Waals surface area contributed by atoms with Crippen molar-refractivity contribution >= 4 is 50.7 Å². The minimum atomic E-state index is -4.09. The molecule has 1 atom stereocenters. The molecule has 202 valence electrons. The quantitative estimate of drug-likeness (QED) is 0.460. The van der Waals surface area contributed by atoms with Gasteiger partial charge in [0.1, 0.15) is 12.6 Å². The molecular weight excluding hydrogens is 547 g/mol. The molecule has 37 heavy (non-hydrogen) atoms. The third-order valence-corrected chi connectivity index (χ3v) is 8.23. The Morgan fingerprint density at radius 3 is 2.24 bits per heavy atom. The number of sulfonamides is 1. The highest BCUT2D eigenvalue weighted by molar-refractivity contribution is 7.92. The number of rotatable bonds is 9. The first-order valence-electron chi connectivity index (χ1n) is 11.8. The van der Waals surface area contributed by atoms with Gasteiger partial charge in [-0.1, -0.05) is 48.5 Å². The second-order valence-corrected chi connectivity index (χ2v) is 11.8. The molecule has 1 aliphatic carbocycles. The SMILES string of the molecule is C[C@H](C(=O)NC1CCCCC1)N(Cc1c(Cl)cccc1Cl)C(=O)CN(c1ccc(F)c(F)c1)S(C)(=O)=O. The number of amides is 2. The number of halogens is 4. The molecule has 0 spiro atoms. The molecule has 0 bridgehead atoms. The fourth-order valence-corrected chi connectivity index (χ4v) is 5.62. The summed E-state index contributed by atoms with van der Waals surface area (Å²) in [5.74, 6) is -3.58.